The van der Waals surface area contributed by atoms with Crippen molar-refractivity contribution in [2.45, 2.75) is 32.4 Å². The molecule has 7 nitrogen and oxygen atoms in total. The fraction of sp³-hybridized carbons (Fsp3) is 0.750. The average Bonchev–Trinajstić information content (AvgIpc) is 2.96. The van der Waals surface area contributed by atoms with Gasteiger partial charge >= 0.3 is 0 Å². The van der Waals surface area contributed by atoms with Crippen LogP contribution in [-0.4, -0.2) is 47.5 Å². The van der Waals surface area contributed by atoms with Crippen LogP contribution in [0.25, 0.3) is 0 Å². The number of methoxy groups -OCH3 is 1. The predicted octanol–water partition coefficient (Wildman–Crippen LogP) is -0.362. The molecule has 1 aromatic heterocycles. The van der Waals surface area contributed by atoms with Gasteiger partial charge in [-0.05, 0) is 13.3 Å². The summed E-state index contributed by atoms with van der Waals surface area (Å²) in [6, 6.07) is -0.115. The predicted molar refractivity (Wildman–Crippen MR) is 69.6 cm³/mol. The molecule has 0 saturated carbocycles. The first-order valence-electron chi connectivity index (χ1n) is 6.63. The highest BCUT2D eigenvalue weighted by Crippen LogP contribution is 2.18. The van der Waals surface area contributed by atoms with Gasteiger partial charge in [-0.2, -0.15) is 0 Å². The Morgan fingerprint density at radius 1 is 1.53 bits per heavy atom. The highest BCUT2D eigenvalue weighted by atomic mass is 16.5. The van der Waals surface area contributed by atoms with E-state index in [1.807, 2.05) is 6.92 Å². The topological polar surface area (TPSA) is 81.1 Å². The number of hydrogen-bond acceptors (Lipinski definition) is 5. The zero-order valence-electron chi connectivity index (χ0n) is 11.5. The van der Waals surface area contributed by atoms with Gasteiger partial charge in [0.2, 0.25) is 5.91 Å². The lowest BCUT2D eigenvalue weighted by Gasteiger charge is -2.14. The van der Waals surface area contributed by atoms with Crippen LogP contribution in [0.2, 0.25) is 0 Å². The second-order valence-electron chi connectivity index (χ2n) is 4.69. The van der Waals surface area contributed by atoms with E-state index in [9.17, 15) is 4.79 Å². The van der Waals surface area contributed by atoms with Crippen molar-refractivity contribution >= 4 is 5.91 Å². The number of nitrogens with zero attached hydrogens (tertiary/aromatic N) is 3. The molecule has 0 spiro atoms. The summed E-state index contributed by atoms with van der Waals surface area (Å²) in [5.41, 5.74) is 0. The van der Waals surface area contributed by atoms with E-state index < -0.39 is 0 Å². The fourth-order valence-electron chi connectivity index (χ4n) is 2.23. The highest BCUT2D eigenvalue weighted by Gasteiger charge is 2.22. The first-order valence-corrected chi connectivity index (χ1v) is 6.63. The Balaban J connectivity index is 1.80. The molecule has 1 unspecified atom stereocenters. The molecule has 1 aliphatic rings. The fourth-order valence-corrected chi connectivity index (χ4v) is 2.23. The smallest absolute Gasteiger partial charge is 0.234 e. The number of carbonyl (C=O) groups is 1. The third kappa shape index (κ3) is 3.51. The molecule has 0 radical (unpaired) electrons. The Bertz CT molecular complexity index is 432. The van der Waals surface area contributed by atoms with Crippen LogP contribution in [0.4, 0.5) is 0 Å². The van der Waals surface area contributed by atoms with Gasteiger partial charge in [0.05, 0.1) is 19.2 Å². The lowest BCUT2D eigenvalue weighted by atomic mass is 10.3. The van der Waals surface area contributed by atoms with Crippen LogP contribution >= 0.6 is 0 Å². The van der Waals surface area contributed by atoms with Crippen LogP contribution in [0.1, 0.15) is 31.0 Å². The second kappa shape index (κ2) is 6.63. The minimum Gasteiger partial charge on any atom is -0.383 e. The van der Waals surface area contributed by atoms with E-state index in [-0.39, 0.29) is 18.5 Å². The molecule has 106 valence electrons. The van der Waals surface area contributed by atoms with Gasteiger partial charge in [0.1, 0.15) is 5.82 Å². The molecule has 0 fully saturated rings. The number of nitrogens with one attached hydrogen (secondary N) is 2. The Kier molecular flexibility index (Phi) is 4.86. The summed E-state index contributed by atoms with van der Waals surface area (Å²) in [5.74, 6) is 1.83. The van der Waals surface area contributed by atoms with Crippen molar-refractivity contribution in [3.63, 3.8) is 0 Å². The maximum atomic E-state index is 11.7. The molecule has 0 bridgehead atoms. The van der Waals surface area contributed by atoms with Crippen LogP contribution < -0.4 is 10.6 Å². The first kappa shape index (κ1) is 14.0. The summed E-state index contributed by atoms with van der Waals surface area (Å²) >= 11 is 0. The van der Waals surface area contributed by atoms with Gasteiger partial charge in [-0.15, -0.1) is 10.2 Å². The molecular weight excluding hydrogens is 246 g/mol. The van der Waals surface area contributed by atoms with Crippen LogP contribution in [0, 0.1) is 0 Å². The summed E-state index contributed by atoms with van der Waals surface area (Å²) in [7, 11) is 1.63. The van der Waals surface area contributed by atoms with Crippen LogP contribution in [0.5, 0.6) is 0 Å². The third-order valence-corrected chi connectivity index (χ3v) is 3.17. The number of ether oxygens (including phenoxy) is 1. The normalized spacial score (nSPS) is 15.3. The van der Waals surface area contributed by atoms with Gasteiger partial charge < -0.3 is 19.9 Å². The molecule has 2 N–H and O–H groups in total. The standard InChI is InChI=1S/C12H21N5O2/c1-9(14-11(18)8-13-5-7-19-2)12-16-15-10-4-3-6-17(10)12/h9,13H,3-8H2,1-2H3,(H,14,18). The van der Waals surface area contributed by atoms with Gasteiger partial charge in [-0.3, -0.25) is 4.79 Å². The van der Waals surface area contributed by atoms with Gasteiger partial charge in [-0.25, -0.2) is 0 Å². The van der Waals surface area contributed by atoms with Crippen LogP contribution in [0.15, 0.2) is 0 Å². The minimum atomic E-state index is -0.115. The molecule has 1 aromatic rings. The van der Waals surface area contributed by atoms with Gasteiger partial charge in [-0.1, -0.05) is 0 Å². The zero-order chi connectivity index (χ0) is 13.7. The first-order chi connectivity index (χ1) is 9.22. The molecule has 0 aromatic carbocycles. The second-order valence-corrected chi connectivity index (χ2v) is 4.69. The Morgan fingerprint density at radius 2 is 2.37 bits per heavy atom. The zero-order valence-corrected chi connectivity index (χ0v) is 11.5. The van der Waals surface area contributed by atoms with Crippen molar-refractivity contribution in [1.82, 2.24) is 25.4 Å². The summed E-state index contributed by atoms with van der Waals surface area (Å²) < 4.78 is 7.00. The molecule has 1 amide bonds. The lowest BCUT2D eigenvalue weighted by Crippen LogP contribution is -2.37. The molecule has 7 heteroatoms. The summed E-state index contributed by atoms with van der Waals surface area (Å²) in [5, 5.41) is 14.2. The summed E-state index contributed by atoms with van der Waals surface area (Å²) in [4.78, 5) is 11.7. The molecule has 0 aliphatic carbocycles. The summed E-state index contributed by atoms with van der Waals surface area (Å²) in [6.07, 6.45) is 2.09. The van der Waals surface area contributed by atoms with E-state index in [0.717, 1.165) is 31.0 Å². The van der Waals surface area contributed by atoms with Crippen LogP contribution in [-0.2, 0) is 22.5 Å². The molecule has 1 atom stereocenters. The minimum absolute atomic E-state index is 0.0426. The van der Waals surface area contributed by atoms with Crippen molar-refractivity contribution in [2.24, 2.45) is 0 Å². The quantitative estimate of drug-likeness (QED) is 0.659. The number of rotatable bonds is 7. The average molecular weight is 267 g/mol. The van der Waals surface area contributed by atoms with Gasteiger partial charge in [0.25, 0.3) is 0 Å². The Hall–Kier alpha value is -1.47. The maximum absolute atomic E-state index is 11.7. The van der Waals surface area contributed by atoms with E-state index in [1.165, 1.54) is 0 Å². The third-order valence-electron chi connectivity index (χ3n) is 3.17. The van der Waals surface area contributed by atoms with Crippen molar-refractivity contribution in [3.05, 3.63) is 11.6 Å². The van der Waals surface area contributed by atoms with E-state index in [1.54, 1.807) is 7.11 Å². The van der Waals surface area contributed by atoms with E-state index >= 15 is 0 Å². The largest absolute Gasteiger partial charge is 0.383 e. The highest BCUT2D eigenvalue weighted by molar-refractivity contribution is 5.78. The number of amides is 1. The number of fused-ring (bicyclic) bond motifs is 1. The lowest BCUT2D eigenvalue weighted by molar-refractivity contribution is -0.121. The monoisotopic (exact) mass is 267 g/mol. The van der Waals surface area contributed by atoms with E-state index in [2.05, 4.69) is 25.4 Å². The van der Waals surface area contributed by atoms with Crippen molar-refractivity contribution in [1.29, 1.82) is 0 Å². The van der Waals surface area contributed by atoms with Crippen LogP contribution in [0.3, 0.4) is 0 Å². The van der Waals surface area contributed by atoms with Crippen molar-refractivity contribution < 1.29 is 9.53 Å². The van der Waals surface area contributed by atoms with Gasteiger partial charge in [0.15, 0.2) is 5.82 Å². The van der Waals surface area contributed by atoms with Crippen molar-refractivity contribution in [3.8, 4) is 0 Å². The maximum Gasteiger partial charge on any atom is 0.234 e. The van der Waals surface area contributed by atoms with Crippen molar-refractivity contribution in [2.75, 3.05) is 26.8 Å². The molecule has 0 saturated heterocycles. The molecule has 19 heavy (non-hydrogen) atoms. The molecule has 1 aliphatic heterocycles. The number of aryl methyl sites for hydroxylation is 1. The molecule has 2 rings (SSSR count). The summed E-state index contributed by atoms with van der Waals surface area (Å²) in [6.45, 7) is 4.43. The number of hydrogen-bond donors (Lipinski definition) is 2. The molecular formula is C12H21N5O2. The number of carbonyl (C=O) groups excluding carboxylic acids is 1. The molecule has 2 heterocycles. The van der Waals surface area contributed by atoms with Gasteiger partial charge in [0, 0.05) is 26.6 Å². The Labute approximate surface area is 112 Å². The SMILES string of the molecule is COCCNCC(=O)NC(C)c1nnc2n1CCC2. The van der Waals surface area contributed by atoms with E-state index in [0.29, 0.717) is 13.2 Å². The number of aromatic nitrogens is 3. The Morgan fingerprint density at radius 3 is 3.16 bits per heavy atom. The van der Waals surface area contributed by atoms with E-state index in [4.69, 9.17) is 4.74 Å².